The van der Waals surface area contributed by atoms with Crippen LogP contribution < -0.4 is 10.6 Å². The van der Waals surface area contributed by atoms with Gasteiger partial charge in [-0.1, -0.05) is 23.8 Å². The third-order valence-corrected chi connectivity index (χ3v) is 5.21. The van der Waals surface area contributed by atoms with Gasteiger partial charge in [-0.05, 0) is 36.9 Å². The lowest BCUT2D eigenvalue weighted by molar-refractivity contribution is -0.121. The molecule has 0 bridgehead atoms. The van der Waals surface area contributed by atoms with Crippen molar-refractivity contribution < 1.29 is 9.59 Å². The molecule has 0 radical (unpaired) electrons. The smallest absolute Gasteiger partial charge is 0.261 e. The van der Waals surface area contributed by atoms with Crippen molar-refractivity contribution in [2.75, 3.05) is 18.8 Å². The van der Waals surface area contributed by atoms with Gasteiger partial charge >= 0.3 is 0 Å². The Kier molecular flexibility index (Phi) is 7.85. The molecular formula is C18H22N2O2S2. The first kappa shape index (κ1) is 18.5. The van der Waals surface area contributed by atoms with E-state index < -0.39 is 0 Å². The van der Waals surface area contributed by atoms with Crippen LogP contribution in [0.5, 0.6) is 0 Å². The van der Waals surface area contributed by atoms with Gasteiger partial charge in [0.1, 0.15) is 0 Å². The average Bonchev–Trinajstić information content (AvgIpc) is 3.12. The summed E-state index contributed by atoms with van der Waals surface area (Å²) < 4.78 is 0. The van der Waals surface area contributed by atoms with Crippen molar-refractivity contribution in [1.82, 2.24) is 10.6 Å². The number of thioether (sulfide) groups is 1. The zero-order chi connectivity index (χ0) is 17.2. The van der Waals surface area contributed by atoms with Gasteiger partial charge in [0.25, 0.3) is 5.91 Å². The quantitative estimate of drug-likeness (QED) is 0.530. The van der Waals surface area contributed by atoms with Crippen LogP contribution in [0.2, 0.25) is 0 Å². The molecule has 1 aromatic carbocycles. The molecule has 1 aromatic heterocycles. The minimum Gasteiger partial charge on any atom is -0.355 e. The fourth-order valence-electron chi connectivity index (χ4n) is 2.03. The van der Waals surface area contributed by atoms with E-state index in [1.165, 1.54) is 21.8 Å². The third-order valence-electron chi connectivity index (χ3n) is 3.33. The molecule has 0 spiro atoms. The van der Waals surface area contributed by atoms with Gasteiger partial charge in [0.2, 0.25) is 5.91 Å². The number of carbonyl (C=O) groups excluding carboxylic acids is 2. The highest BCUT2D eigenvalue weighted by atomic mass is 32.2. The number of thiophene rings is 1. The van der Waals surface area contributed by atoms with E-state index in [9.17, 15) is 9.59 Å². The van der Waals surface area contributed by atoms with Crippen molar-refractivity contribution in [3.05, 3.63) is 52.2 Å². The molecule has 0 fully saturated rings. The van der Waals surface area contributed by atoms with E-state index in [-0.39, 0.29) is 11.8 Å². The first-order valence-electron chi connectivity index (χ1n) is 7.93. The van der Waals surface area contributed by atoms with Crippen LogP contribution >= 0.6 is 23.1 Å². The predicted octanol–water partition coefficient (Wildman–Crippen LogP) is 3.48. The van der Waals surface area contributed by atoms with Gasteiger partial charge in [-0.15, -0.1) is 23.1 Å². The average molecular weight is 363 g/mol. The molecule has 6 heteroatoms. The van der Waals surface area contributed by atoms with Gasteiger partial charge in [0.05, 0.1) is 4.88 Å². The van der Waals surface area contributed by atoms with E-state index in [4.69, 9.17) is 0 Å². The Morgan fingerprint density at radius 1 is 1.08 bits per heavy atom. The Labute approximate surface area is 151 Å². The summed E-state index contributed by atoms with van der Waals surface area (Å²) in [5.41, 5.74) is 1.25. The summed E-state index contributed by atoms with van der Waals surface area (Å²) in [4.78, 5) is 25.4. The number of benzene rings is 1. The van der Waals surface area contributed by atoms with Crippen LogP contribution in [-0.2, 0) is 4.79 Å². The molecule has 0 aliphatic heterocycles. The molecule has 1 heterocycles. The second-order valence-electron chi connectivity index (χ2n) is 5.35. The first-order valence-corrected chi connectivity index (χ1v) is 9.79. The fraction of sp³-hybridized carbons (Fsp3) is 0.333. The van der Waals surface area contributed by atoms with Crippen molar-refractivity contribution in [3.8, 4) is 0 Å². The number of hydrogen-bond donors (Lipinski definition) is 2. The van der Waals surface area contributed by atoms with E-state index in [1.807, 2.05) is 11.4 Å². The molecular weight excluding hydrogens is 340 g/mol. The summed E-state index contributed by atoms with van der Waals surface area (Å²) in [6.45, 7) is 3.23. The van der Waals surface area contributed by atoms with Crippen LogP contribution in [0.25, 0.3) is 0 Å². The van der Waals surface area contributed by atoms with Gasteiger partial charge in [0, 0.05) is 30.2 Å². The van der Waals surface area contributed by atoms with E-state index in [0.29, 0.717) is 30.8 Å². The van der Waals surface area contributed by atoms with Gasteiger partial charge in [0.15, 0.2) is 0 Å². The van der Waals surface area contributed by atoms with Crippen LogP contribution in [0.4, 0.5) is 0 Å². The highest BCUT2D eigenvalue weighted by molar-refractivity contribution is 7.99. The molecule has 0 unspecified atom stereocenters. The number of nitrogens with one attached hydrogen (secondary N) is 2. The van der Waals surface area contributed by atoms with Gasteiger partial charge in [-0.3, -0.25) is 9.59 Å². The van der Waals surface area contributed by atoms with Crippen LogP contribution in [0.15, 0.2) is 46.7 Å². The zero-order valence-electron chi connectivity index (χ0n) is 13.7. The van der Waals surface area contributed by atoms with E-state index in [2.05, 4.69) is 41.8 Å². The van der Waals surface area contributed by atoms with Crippen LogP contribution in [0.3, 0.4) is 0 Å². The van der Waals surface area contributed by atoms with E-state index in [0.717, 1.165) is 5.75 Å². The molecule has 0 saturated heterocycles. The third kappa shape index (κ3) is 6.76. The lowest BCUT2D eigenvalue weighted by Crippen LogP contribution is -2.28. The van der Waals surface area contributed by atoms with E-state index >= 15 is 0 Å². The molecule has 0 aliphatic carbocycles. The molecule has 24 heavy (non-hydrogen) atoms. The summed E-state index contributed by atoms with van der Waals surface area (Å²) in [5.74, 6) is 0.814. The van der Waals surface area contributed by atoms with Gasteiger partial charge < -0.3 is 10.6 Å². The van der Waals surface area contributed by atoms with Crippen LogP contribution in [0.1, 0.15) is 28.1 Å². The zero-order valence-corrected chi connectivity index (χ0v) is 15.3. The Bertz CT molecular complexity index is 640. The van der Waals surface area contributed by atoms with Crippen molar-refractivity contribution in [2.45, 2.75) is 24.7 Å². The van der Waals surface area contributed by atoms with Crippen molar-refractivity contribution in [1.29, 1.82) is 0 Å². The van der Waals surface area contributed by atoms with Gasteiger partial charge in [-0.25, -0.2) is 0 Å². The minimum atomic E-state index is -0.0695. The highest BCUT2D eigenvalue weighted by Crippen LogP contribution is 2.17. The summed E-state index contributed by atoms with van der Waals surface area (Å²) in [6.07, 6.45) is 1.08. The number of aryl methyl sites for hydroxylation is 1. The summed E-state index contributed by atoms with van der Waals surface area (Å²) in [7, 11) is 0. The van der Waals surface area contributed by atoms with Crippen molar-refractivity contribution in [2.24, 2.45) is 0 Å². The summed E-state index contributed by atoms with van der Waals surface area (Å²) in [6, 6.07) is 12.0. The topological polar surface area (TPSA) is 58.2 Å². The Morgan fingerprint density at radius 3 is 2.58 bits per heavy atom. The monoisotopic (exact) mass is 362 g/mol. The normalized spacial score (nSPS) is 10.4. The summed E-state index contributed by atoms with van der Waals surface area (Å²) in [5, 5.41) is 7.60. The number of rotatable bonds is 9. The number of hydrogen-bond acceptors (Lipinski definition) is 4. The molecule has 2 rings (SSSR count). The maximum Gasteiger partial charge on any atom is 0.261 e. The Hall–Kier alpha value is -1.79. The second kappa shape index (κ2) is 10.2. The minimum absolute atomic E-state index is 0.0323. The lowest BCUT2D eigenvalue weighted by Gasteiger charge is -2.06. The van der Waals surface area contributed by atoms with Crippen LogP contribution in [0, 0.1) is 6.92 Å². The maximum absolute atomic E-state index is 11.7. The molecule has 0 saturated carbocycles. The second-order valence-corrected chi connectivity index (χ2v) is 7.46. The SMILES string of the molecule is Cc1ccc(SCCNC(=O)CCCNC(=O)c2cccs2)cc1. The van der Waals surface area contributed by atoms with Crippen molar-refractivity contribution >= 4 is 34.9 Å². The molecule has 4 nitrogen and oxygen atoms in total. The van der Waals surface area contributed by atoms with Crippen LogP contribution in [-0.4, -0.2) is 30.7 Å². The Morgan fingerprint density at radius 2 is 1.88 bits per heavy atom. The van der Waals surface area contributed by atoms with Gasteiger partial charge in [-0.2, -0.15) is 0 Å². The highest BCUT2D eigenvalue weighted by Gasteiger charge is 2.06. The molecule has 2 amide bonds. The van der Waals surface area contributed by atoms with Crippen molar-refractivity contribution in [3.63, 3.8) is 0 Å². The molecule has 0 atom stereocenters. The molecule has 128 valence electrons. The molecule has 2 aromatic rings. The Balaban J connectivity index is 1.50. The number of amides is 2. The van der Waals surface area contributed by atoms with E-state index in [1.54, 1.807) is 17.8 Å². The first-order chi connectivity index (χ1) is 11.6. The predicted molar refractivity (Wildman–Crippen MR) is 101 cm³/mol. The lowest BCUT2D eigenvalue weighted by atomic mass is 10.2. The maximum atomic E-state index is 11.7. The molecule has 2 N–H and O–H groups in total. The summed E-state index contributed by atoms with van der Waals surface area (Å²) >= 11 is 3.15. The fourth-order valence-corrected chi connectivity index (χ4v) is 3.44. The largest absolute Gasteiger partial charge is 0.355 e. The standard InChI is InChI=1S/C18H22N2O2S2/c1-14-6-8-15(9-7-14)23-13-11-19-17(21)5-2-10-20-18(22)16-4-3-12-24-16/h3-4,6-9,12H,2,5,10-11,13H2,1H3,(H,19,21)(H,20,22). The number of carbonyl (C=O) groups is 2. The molecule has 0 aliphatic rings.